The Kier molecular flexibility index (Phi) is 4.18. The van der Waals surface area contributed by atoms with Gasteiger partial charge in [0.05, 0.1) is 0 Å². The average Bonchev–Trinajstić information content (AvgIpc) is 2.41. The molecular formula is C7H16N2S. The third-order valence-corrected chi connectivity index (χ3v) is 2.11. The molecule has 0 saturated carbocycles. The first kappa shape index (κ1) is 8.37. The summed E-state index contributed by atoms with van der Waals surface area (Å²) in [5, 5.41) is 6.70. The maximum atomic E-state index is 4.12. The van der Waals surface area contributed by atoms with Gasteiger partial charge in [0.1, 0.15) is 0 Å². The van der Waals surface area contributed by atoms with E-state index in [9.17, 15) is 0 Å². The van der Waals surface area contributed by atoms with Crippen LogP contribution in [0.25, 0.3) is 0 Å². The number of thiol groups is 1. The molecule has 1 rings (SSSR count). The Morgan fingerprint density at radius 2 is 2.50 bits per heavy atom. The minimum Gasteiger partial charge on any atom is -0.316 e. The zero-order valence-electron chi connectivity index (χ0n) is 6.27. The lowest BCUT2D eigenvalue weighted by Crippen LogP contribution is -2.25. The van der Waals surface area contributed by atoms with E-state index in [1.54, 1.807) is 0 Å². The number of hydrogen-bond acceptors (Lipinski definition) is 3. The fourth-order valence-electron chi connectivity index (χ4n) is 1.27. The lowest BCUT2D eigenvalue weighted by Gasteiger charge is -2.07. The van der Waals surface area contributed by atoms with Gasteiger partial charge in [-0.1, -0.05) is 0 Å². The van der Waals surface area contributed by atoms with Crippen molar-refractivity contribution in [1.82, 2.24) is 10.6 Å². The van der Waals surface area contributed by atoms with E-state index < -0.39 is 0 Å². The Morgan fingerprint density at radius 1 is 1.60 bits per heavy atom. The maximum Gasteiger partial charge on any atom is 0.00398 e. The number of nitrogens with one attached hydrogen (secondary N) is 2. The molecule has 1 saturated heterocycles. The molecule has 1 aliphatic heterocycles. The zero-order valence-corrected chi connectivity index (χ0v) is 7.16. The predicted molar refractivity (Wildman–Crippen MR) is 47.7 cm³/mol. The van der Waals surface area contributed by atoms with Crippen LogP contribution >= 0.6 is 12.6 Å². The van der Waals surface area contributed by atoms with Gasteiger partial charge in [0.15, 0.2) is 0 Å². The first-order valence-corrected chi connectivity index (χ1v) is 4.59. The van der Waals surface area contributed by atoms with Gasteiger partial charge < -0.3 is 10.6 Å². The summed E-state index contributed by atoms with van der Waals surface area (Å²) < 4.78 is 0. The summed E-state index contributed by atoms with van der Waals surface area (Å²) >= 11 is 4.12. The van der Waals surface area contributed by atoms with Gasteiger partial charge in [-0.25, -0.2) is 0 Å². The van der Waals surface area contributed by atoms with Crippen LogP contribution < -0.4 is 10.6 Å². The van der Waals surface area contributed by atoms with Gasteiger partial charge in [-0.05, 0) is 32.0 Å². The second kappa shape index (κ2) is 4.99. The van der Waals surface area contributed by atoms with Crippen LogP contribution in [0.15, 0.2) is 0 Å². The SMILES string of the molecule is SCCNCC1CCNC1. The van der Waals surface area contributed by atoms with Crippen molar-refractivity contribution in [3.8, 4) is 0 Å². The fourth-order valence-corrected chi connectivity index (χ4v) is 1.43. The predicted octanol–water partition coefficient (Wildman–Crippen LogP) is 0.115. The van der Waals surface area contributed by atoms with Crippen molar-refractivity contribution in [3.63, 3.8) is 0 Å². The van der Waals surface area contributed by atoms with Crippen molar-refractivity contribution in [2.75, 3.05) is 31.9 Å². The normalized spacial score (nSPS) is 25.5. The molecule has 1 heterocycles. The summed E-state index contributed by atoms with van der Waals surface area (Å²) in [6.07, 6.45) is 1.33. The van der Waals surface area contributed by atoms with Crippen LogP contribution in [0, 0.1) is 5.92 Å². The zero-order chi connectivity index (χ0) is 7.23. The van der Waals surface area contributed by atoms with Crippen molar-refractivity contribution in [3.05, 3.63) is 0 Å². The molecule has 3 heteroatoms. The van der Waals surface area contributed by atoms with Crippen molar-refractivity contribution >= 4 is 12.6 Å². The lowest BCUT2D eigenvalue weighted by molar-refractivity contribution is 0.525. The molecule has 0 aromatic heterocycles. The monoisotopic (exact) mass is 160 g/mol. The van der Waals surface area contributed by atoms with E-state index in [1.807, 2.05) is 0 Å². The van der Waals surface area contributed by atoms with E-state index in [0.717, 1.165) is 24.8 Å². The molecule has 0 bridgehead atoms. The van der Waals surface area contributed by atoms with Crippen LogP contribution in [0.3, 0.4) is 0 Å². The van der Waals surface area contributed by atoms with Crippen LogP contribution in [0.1, 0.15) is 6.42 Å². The molecule has 1 unspecified atom stereocenters. The molecule has 1 fully saturated rings. The molecule has 1 atom stereocenters. The lowest BCUT2D eigenvalue weighted by atomic mass is 10.1. The molecular weight excluding hydrogens is 144 g/mol. The highest BCUT2D eigenvalue weighted by molar-refractivity contribution is 7.80. The fraction of sp³-hybridized carbons (Fsp3) is 1.00. The first-order valence-electron chi connectivity index (χ1n) is 3.96. The van der Waals surface area contributed by atoms with E-state index in [0.29, 0.717) is 0 Å². The van der Waals surface area contributed by atoms with Gasteiger partial charge in [0.2, 0.25) is 0 Å². The summed E-state index contributed by atoms with van der Waals surface area (Å²) in [4.78, 5) is 0. The summed E-state index contributed by atoms with van der Waals surface area (Å²) in [5.41, 5.74) is 0. The summed E-state index contributed by atoms with van der Waals surface area (Å²) in [5.74, 6) is 1.81. The Hall–Kier alpha value is 0.270. The standard InChI is InChI=1S/C7H16N2S/c10-4-3-9-6-7-1-2-8-5-7/h7-10H,1-6H2. The molecule has 0 aromatic carbocycles. The Morgan fingerprint density at radius 3 is 3.10 bits per heavy atom. The molecule has 60 valence electrons. The molecule has 2 nitrogen and oxygen atoms in total. The van der Waals surface area contributed by atoms with Gasteiger partial charge in [0.25, 0.3) is 0 Å². The number of hydrogen-bond donors (Lipinski definition) is 3. The van der Waals surface area contributed by atoms with E-state index in [1.165, 1.54) is 19.5 Å². The quantitative estimate of drug-likeness (QED) is 0.402. The molecule has 0 aromatic rings. The highest BCUT2D eigenvalue weighted by atomic mass is 32.1. The molecule has 2 N–H and O–H groups in total. The minimum absolute atomic E-state index is 0.861. The third kappa shape index (κ3) is 2.90. The van der Waals surface area contributed by atoms with Crippen LogP contribution in [-0.4, -0.2) is 31.9 Å². The Balaban J connectivity index is 1.91. The number of rotatable bonds is 4. The smallest absolute Gasteiger partial charge is 0.00398 e. The average molecular weight is 160 g/mol. The molecule has 0 aliphatic carbocycles. The van der Waals surface area contributed by atoms with Crippen LogP contribution in [0.5, 0.6) is 0 Å². The first-order chi connectivity index (χ1) is 4.93. The van der Waals surface area contributed by atoms with E-state index in [4.69, 9.17) is 0 Å². The topological polar surface area (TPSA) is 24.1 Å². The van der Waals surface area contributed by atoms with Crippen LogP contribution in [0.4, 0.5) is 0 Å². The molecule has 0 spiro atoms. The second-order valence-electron chi connectivity index (χ2n) is 2.79. The second-order valence-corrected chi connectivity index (χ2v) is 3.23. The van der Waals surface area contributed by atoms with Gasteiger partial charge in [-0.15, -0.1) is 0 Å². The largest absolute Gasteiger partial charge is 0.316 e. The molecule has 0 radical (unpaired) electrons. The summed E-state index contributed by atoms with van der Waals surface area (Å²) in [6.45, 7) is 4.60. The maximum absolute atomic E-state index is 4.12. The highest BCUT2D eigenvalue weighted by Crippen LogP contribution is 2.04. The minimum atomic E-state index is 0.861. The highest BCUT2D eigenvalue weighted by Gasteiger charge is 2.12. The Bertz CT molecular complexity index is 81.7. The van der Waals surface area contributed by atoms with Crippen LogP contribution in [0.2, 0.25) is 0 Å². The van der Waals surface area contributed by atoms with Gasteiger partial charge in [-0.2, -0.15) is 12.6 Å². The summed E-state index contributed by atoms with van der Waals surface area (Å²) in [6, 6.07) is 0. The van der Waals surface area contributed by atoms with E-state index >= 15 is 0 Å². The van der Waals surface area contributed by atoms with Crippen molar-refractivity contribution < 1.29 is 0 Å². The molecule has 10 heavy (non-hydrogen) atoms. The van der Waals surface area contributed by atoms with E-state index in [-0.39, 0.29) is 0 Å². The van der Waals surface area contributed by atoms with Gasteiger partial charge in [-0.3, -0.25) is 0 Å². The van der Waals surface area contributed by atoms with Crippen molar-refractivity contribution in [1.29, 1.82) is 0 Å². The molecule has 1 aliphatic rings. The molecule has 0 amide bonds. The van der Waals surface area contributed by atoms with Gasteiger partial charge in [0, 0.05) is 12.3 Å². The summed E-state index contributed by atoms with van der Waals surface area (Å²) in [7, 11) is 0. The van der Waals surface area contributed by atoms with Crippen molar-refractivity contribution in [2.24, 2.45) is 5.92 Å². The van der Waals surface area contributed by atoms with Gasteiger partial charge >= 0.3 is 0 Å². The third-order valence-electron chi connectivity index (χ3n) is 1.88. The van der Waals surface area contributed by atoms with E-state index in [2.05, 4.69) is 23.3 Å². The van der Waals surface area contributed by atoms with Crippen LogP contribution in [-0.2, 0) is 0 Å². The Labute approximate surface area is 68.2 Å². The van der Waals surface area contributed by atoms with Crippen molar-refractivity contribution in [2.45, 2.75) is 6.42 Å².